The monoisotopic (exact) mass is 173 g/mol. The van der Waals surface area contributed by atoms with Crippen molar-refractivity contribution in [3.8, 4) is 6.07 Å². The number of nitrogens with zero attached hydrogens (tertiary/aromatic N) is 1. The van der Waals surface area contributed by atoms with E-state index in [1.807, 2.05) is 13.8 Å². The van der Waals surface area contributed by atoms with Gasteiger partial charge in [0.15, 0.2) is 5.78 Å². The van der Waals surface area contributed by atoms with Crippen LogP contribution >= 0.6 is 0 Å². The normalized spacial score (nSPS) is 9.38. The van der Waals surface area contributed by atoms with Crippen LogP contribution in [0.2, 0.25) is 0 Å². The molecule has 0 aromatic heterocycles. The summed E-state index contributed by atoms with van der Waals surface area (Å²) in [6.07, 6.45) is 0. The van der Waals surface area contributed by atoms with Crippen LogP contribution in [0, 0.1) is 25.2 Å². The van der Waals surface area contributed by atoms with Crippen molar-refractivity contribution in [1.82, 2.24) is 0 Å². The largest absolute Gasteiger partial charge is 0.295 e. The van der Waals surface area contributed by atoms with Gasteiger partial charge in [-0.15, -0.1) is 0 Å². The van der Waals surface area contributed by atoms with Crippen molar-refractivity contribution in [2.45, 2.75) is 20.8 Å². The van der Waals surface area contributed by atoms with Gasteiger partial charge in [0.1, 0.15) is 0 Å². The van der Waals surface area contributed by atoms with E-state index in [0.29, 0.717) is 11.1 Å². The Balaban J connectivity index is 3.42. The summed E-state index contributed by atoms with van der Waals surface area (Å²) in [6.45, 7) is 5.26. The fourth-order valence-corrected chi connectivity index (χ4v) is 1.32. The van der Waals surface area contributed by atoms with E-state index in [2.05, 4.69) is 6.07 Å². The molecule has 13 heavy (non-hydrogen) atoms. The molecule has 1 aromatic rings. The molecule has 0 heterocycles. The van der Waals surface area contributed by atoms with Gasteiger partial charge in [-0.25, -0.2) is 0 Å². The van der Waals surface area contributed by atoms with Crippen molar-refractivity contribution < 1.29 is 4.79 Å². The fraction of sp³-hybridized carbons (Fsp3) is 0.273. The summed E-state index contributed by atoms with van der Waals surface area (Å²) >= 11 is 0. The van der Waals surface area contributed by atoms with E-state index in [1.54, 1.807) is 12.1 Å². The summed E-state index contributed by atoms with van der Waals surface area (Å²) in [5, 5.41) is 8.74. The number of hydrogen-bond acceptors (Lipinski definition) is 2. The van der Waals surface area contributed by atoms with Gasteiger partial charge in [-0.1, -0.05) is 0 Å². The molecular formula is C11H11NO. The molecule has 0 aliphatic rings. The molecule has 0 fully saturated rings. The summed E-state index contributed by atoms with van der Waals surface area (Å²) in [5.74, 6) is 0.0464. The first-order valence-electron chi connectivity index (χ1n) is 4.09. The van der Waals surface area contributed by atoms with E-state index < -0.39 is 0 Å². The zero-order chi connectivity index (χ0) is 10.0. The predicted octanol–water partition coefficient (Wildman–Crippen LogP) is 2.38. The number of rotatable bonds is 1. The second-order valence-electron chi connectivity index (χ2n) is 3.08. The minimum atomic E-state index is 0.0464. The Morgan fingerprint density at radius 1 is 1.31 bits per heavy atom. The van der Waals surface area contributed by atoms with Crippen LogP contribution in [0.25, 0.3) is 0 Å². The fourth-order valence-electron chi connectivity index (χ4n) is 1.32. The molecule has 0 saturated heterocycles. The zero-order valence-corrected chi connectivity index (χ0v) is 8.01. The van der Waals surface area contributed by atoms with Gasteiger partial charge in [-0.05, 0) is 44.0 Å². The van der Waals surface area contributed by atoms with Crippen LogP contribution in [-0.4, -0.2) is 5.78 Å². The Hall–Kier alpha value is -1.62. The van der Waals surface area contributed by atoms with Gasteiger partial charge in [-0.3, -0.25) is 4.79 Å². The van der Waals surface area contributed by atoms with Gasteiger partial charge in [-0.2, -0.15) is 5.26 Å². The lowest BCUT2D eigenvalue weighted by Crippen LogP contribution is -1.99. The Labute approximate surface area is 77.8 Å². The van der Waals surface area contributed by atoms with E-state index in [4.69, 9.17) is 5.26 Å². The lowest BCUT2D eigenvalue weighted by Gasteiger charge is -2.06. The standard InChI is InChI=1S/C11H11NO/c1-7-8(2)11(9(3)13)5-4-10(7)6-12/h4-5H,1-3H3. The highest BCUT2D eigenvalue weighted by Crippen LogP contribution is 2.17. The summed E-state index contributed by atoms with van der Waals surface area (Å²) in [6, 6.07) is 5.50. The second kappa shape index (κ2) is 3.40. The van der Waals surface area contributed by atoms with Gasteiger partial charge in [0.25, 0.3) is 0 Å². The molecule has 1 aromatic carbocycles. The minimum absolute atomic E-state index is 0.0464. The Kier molecular flexibility index (Phi) is 2.48. The van der Waals surface area contributed by atoms with Crippen LogP contribution in [0.4, 0.5) is 0 Å². The number of ketones is 1. The van der Waals surface area contributed by atoms with Gasteiger partial charge in [0, 0.05) is 5.56 Å². The maximum Gasteiger partial charge on any atom is 0.160 e. The maximum absolute atomic E-state index is 11.1. The van der Waals surface area contributed by atoms with Crippen molar-refractivity contribution in [2.75, 3.05) is 0 Å². The lowest BCUT2D eigenvalue weighted by atomic mass is 9.97. The molecule has 0 saturated carbocycles. The molecular weight excluding hydrogens is 162 g/mol. The minimum Gasteiger partial charge on any atom is -0.295 e. The zero-order valence-electron chi connectivity index (χ0n) is 8.01. The highest BCUT2D eigenvalue weighted by molar-refractivity contribution is 5.96. The molecule has 1 rings (SSSR count). The molecule has 2 heteroatoms. The predicted molar refractivity (Wildman–Crippen MR) is 50.6 cm³/mol. The SMILES string of the molecule is CC(=O)c1ccc(C#N)c(C)c1C. The number of carbonyl (C=O) groups excluding carboxylic acids is 1. The lowest BCUT2D eigenvalue weighted by molar-refractivity contribution is 0.101. The van der Waals surface area contributed by atoms with Crippen LogP contribution < -0.4 is 0 Å². The average molecular weight is 173 g/mol. The average Bonchev–Trinajstić information content (AvgIpc) is 2.09. The topological polar surface area (TPSA) is 40.9 Å². The van der Waals surface area contributed by atoms with Crippen molar-refractivity contribution in [2.24, 2.45) is 0 Å². The maximum atomic E-state index is 11.1. The summed E-state index contributed by atoms with van der Waals surface area (Å²) in [7, 11) is 0. The number of Topliss-reactive ketones (excluding diaryl/α,β-unsaturated/α-hetero) is 1. The van der Waals surface area contributed by atoms with Crippen LogP contribution in [0.5, 0.6) is 0 Å². The van der Waals surface area contributed by atoms with Crippen molar-refractivity contribution in [3.63, 3.8) is 0 Å². The third-order valence-corrected chi connectivity index (χ3v) is 2.29. The summed E-state index contributed by atoms with van der Waals surface area (Å²) in [4.78, 5) is 11.1. The first-order valence-corrected chi connectivity index (χ1v) is 4.09. The smallest absolute Gasteiger partial charge is 0.160 e. The summed E-state index contributed by atoms with van der Waals surface area (Å²) < 4.78 is 0. The Bertz CT molecular complexity index is 399. The van der Waals surface area contributed by atoms with Crippen molar-refractivity contribution >= 4 is 5.78 Å². The molecule has 0 N–H and O–H groups in total. The van der Waals surface area contributed by atoms with Crippen molar-refractivity contribution in [3.05, 3.63) is 34.4 Å². The number of hydrogen-bond donors (Lipinski definition) is 0. The molecule has 0 aliphatic carbocycles. The van der Waals surface area contributed by atoms with E-state index in [0.717, 1.165) is 11.1 Å². The highest BCUT2D eigenvalue weighted by atomic mass is 16.1. The van der Waals surface area contributed by atoms with Gasteiger partial charge >= 0.3 is 0 Å². The van der Waals surface area contributed by atoms with Crippen LogP contribution in [-0.2, 0) is 0 Å². The number of nitriles is 1. The molecule has 0 unspecified atom stereocenters. The number of carbonyl (C=O) groups is 1. The molecule has 0 atom stereocenters. The van der Waals surface area contributed by atoms with E-state index in [-0.39, 0.29) is 5.78 Å². The number of benzene rings is 1. The third kappa shape index (κ3) is 1.59. The highest BCUT2D eigenvalue weighted by Gasteiger charge is 2.08. The van der Waals surface area contributed by atoms with E-state index >= 15 is 0 Å². The Morgan fingerprint density at radius 3 is 2.38 bits per heavy atom. The van der Waals surface area contributed by atoms with Crippen LogP contribution in [0.15, 0.2) is 12.1 Å². The quantitative estimate of drug-likeness (QED) is 0.612. The molecule has 0 spiro atoms. The van der Waals surface area contributed by atoms with Crippen LogP contribution in [0.1, 0.15) is 34.0 Å². The molecule has 0 radical (unpaired) electrons. The van der Waals surface area contributed by atoms with Crippen molar-refractivity contribution in [1.29, 1.82) is 5.26 Å². The van der Waals surface area contributed by atoms with Gasteiger partial charge < -0.3 is 0 Å². The molecule has 66 valence electrons. The van der Waals surface area contributed by atoms with Crippen LogP contribution in [0.3, 0.4) is 0 Å². The molecule has 0 aliphatic heterocycles. The van der Waals surface area contributed by atoms with E-state index in [9.17, 15) is 4.79 Å². The molecule has 0 amide bonds. The third-order valence-electron chi connectivity index (χ3n) is 2.29. The second-order valence-corrected chi connectivity index (χ2v) is 3.08. The Morgan fingerprint density at radius 2 is 1.92 bits per heavy atom. The van der Waals surface area contributed by atoms with Gasteiger partial charge in [0.2, 0.25) is 0 Å². The first-order chi connectivity index (χ1) is 6.07. The molecule has 0 bridgehead atoms. The summed E-state index contributed by atoms with van der Waals surface area (Å²) in [5.41, 5.74) is 3.15. The molecule has 2 nitrogen and oxygen atoms in total. The van der Waals surface area contributed by atoms with E-state index in [1.165, 1.54) is 6.92 Å². The van der Waals surface area contributed by atoms with Gasteiger partial charge in [0.05, 0.1) is 11.6 Å². The first kappa shape index (κ1) is 9.47.